The standard InChI is InChI=1S/C19H21ClN2O5S/c1-2-14-6-3-4-9-17(14)22-18(23)13-27-19(24)10-11-21-28(25,26)16-8-5-7-15(20)12-16/h3-9,12,21H,2,10-11,13H2,1H3,(H,22,23). The van der Waals surface area contributed by atoms with Gasteiger partial charge in [0.25, 0.3) is 5.91 Å². The number of hydrogen-bond acceptors (Lipinski definition) is 5. The Morgan fingerprint density at radius 2 is 1.86 bits per heavy atom. The fourth-order valence-corrected chi connectivity index (χ4v) is 3.69. The van der Waals surface area contributed by atoms with Gasteiger partial charge in [-0.2, -0.15) is 0 Å². The van der Waals surface area contributed by atoms with E-state index in [2.05, 4.69) is 10.0 Å². The van der Waals surface area contributed by atoms with Crippen LogP contribution in [0.4, 0.5) is 5.69 Å². The number of anilines is 1. The van der Waals surface area contributed by atoms with E-state index in [0.29, 0.717) is 5.69 Å². The van der Waals surface area contributed by atoms with Crippen LogP contribution in [0, 0.1) is 0 Å². The molecular weight excluding hydrogens is 404 g/mol. The third-order valence-corrected chi connectivity index (χ3v) is 5.46. The number of carbonyl (C=O) groups excluding carboxylic acids is 2. The number of halogens is 1. The molecule has 0 heterocycles. The first-order valence-electron chi connectivity index (χ1n) is 8.60. The summed E-state index contributed by atoms with van der Waals surface area (Å²) in [6.45, 7) is 1.36. The molecule has 0 fully saturated rings. The van der Waals surface area contributed by atoms with Crippen molar-refractivity contribution in [1.82, 2.24) is 4.72 Å². The minimum atomic E-state index is -3.78. The van der Waals surface area contributed by atoms with Gasteiger partial charge >= 0.3 is 5.97 Å². The SMILES string of the molecule is CCc1ccccc1NC(=O)COC(=O)CCNS(=O)(=O)c1cccc(Cl)c1. The highest BCUT2D eigenvalue weighted by Crippen LogP contribution is 2.16. The molecule has 1 amide bonds. The zero-order valence-corrected chi connectivity index (χ0v) is 16.8. The van der Waals surface area contributed by atoms with E-state index in [9.17, 15) is 18.0 Å². The van der Waals surface area contributed by atoms with Crippen molar-refractivity contribution in [2.45, 2.75) is 24.7 Å². The molecule has 0 saturated heterocycles. The highest BCUT2D eigenvalue weighted by molar-refractivity contribution is 7.89. The van der Waals surface area contributed by atoms with Gasteiger partial charge in [0, 0.05) is 17.3 Å². The number of aryl methyl sites for hydroxylation is 1. The van der Waals surface area contributed by atoms with Crippen LogP contribution in [-0.4, -0.2) is 33.4 Å². The van der Waals surface area contributed by atoms with Gasteiger partial charge in [-0.05, 0) is 36.2 Å². The normalized spacial score (nSPS) is 11.1. The van der Waals surface area contributed by atoms with E-state index in [1.807, 2.05) is 19.1 Å². The molecule has 9 heteroatoms. The molecule has 28 heavy (non-hydrogen) atoms. The maximum Gasteiger partial charge on any atom is 0.307 e. The zero-order valence-electron chi connectivity index (χ0n) is 15.3. The van der Waals surface area contributed by atoms with Crippen LogP contribution < -0.4 is 10.0 Å². The van der Waals surface area contributed by atoms with Crippen LogP contribution in [0.5, 0.6) is 0 Å². The molecule has 2 rings (SSSR count). The second kappa shape index (κ2) is 10.2. The Morgan fingerprint density at radius 1 is 1.11 bits per heavy atom. The van der Waals surface area contributed by atoms with Crippen molar-refractivity contribution in [3.63, 3.8) is 0 Å². The van der Waals surface area contributed by atoms with Gasteiger partial charge in [-0.25, -0.2) is 13.1 Å². The van der Waals surface area contributed by atoms with E-state index in [4.69, 9.17) is 16.3 Å². The Morgan fingerprint density at radius 3 is 2.57 bits per heavy atom. The van der Waals surface area contributed by atoms with E-state index in [1.165, 1.54) is 18.2 Å². The average molecular weight is 425 g/mol. The van der Waals surface area contributed by atoms with Crippen LogP contribution in [-0.2, 0) is 30.8 Å². The molecule has 2 aromatic rings. The summed E-state index contributed by atoms with van der Waals surface area (Å²) in [5, 5.41) is 2.97. The number of ether oxygens (including phenoxy) is 1. The van der Waals surface area contributed by atoms with Crippen LogP contribution in [0.15, 0.2) is 53.4 Å². The van der Waals surface area contributed by atoms with E-state index in [-0.39, 0.29) is 22.9 Å². The van der Waals surface area contributed by atoms with Gasteiger partial charge in [-0.15, -0.1) is 0 Å². The smallest absolute Gasteiger partial charge is 0.307 e. The molecule has 0 atom stereocenters. The number of sulfonamides is 1. The van der Waals surface area contributed by atoms with Gasteiger partial charge in [-0.3, -0.25) is 9.59 Å². The molecule has 0 aliphatic carbocycles. The number of hydrogen-bond donors (Lipinski definition) is 2. The van der Waals surface area contributed by atoms with E-state index in [0.717, 1.165) is 12.0 Å². The number of rotatable bonds is 9. The Hall–Kier alpha value is -2.42. The monoisotopic (exact) mass is 424 g/mol. The van der Waals surface area contributed by atoms with Gasteiger partial charge in [0.2, 0.25) is 10.0 Å². The summed E-state index contributed by atoms with van der Waals surface area (Å²) >= 11 is 5.78. The molecule has 0 aromatic heterocycles. The van der Waals surface area contributed by atoms with Crippen LogP contribution in [0.3, 0.4) is 0 Å². The fraction of sp³-hybridized carbons (Fsp3) is 0.263. The number of amides is 1. The number of carbonyl (C=O) groups is 2. The maximum absolute atomic E-state index is 12.1. The van der Waals surface area contributed by atoms with Crippen LogP contribution in [0.2, 0.25) is 5.02 Å². The van der Waals surface area contributed by atoms with Gasteiger partial charge in [-0.1, -0.05) is 42.8 Å². The summed E-state index contributed by atoms with van der Waals surface area (Å²) in [4.78, 5) is 23.7. The van der Waals surface area contributed by atoms with Crippen molar-refractivity contribution in [3.05, 3.63) is 59.1 Å². The molecule has 0 radical (unpaired) electrons. The second-order valence-electron chi connectivity index (χ2n) is 5.82. The van der Waals surface area contributed by atoms with Crippen molar-refractivity contribution >= 4 is 39.2 Å². The lowest BCUT2D eigenvalue weighted by Gasteiger charge is -2.10. The Balaban J connectivity index is 1.76. The van der Waals surface area contributed by atoms with Gasteiger partial charge in [0.05, 0.1) is 11.3 Å². The van der Waals surface area contributed by atoms with Crippen molar-refractivity contribution in [2.75, 3.05) is 18.5 Å². The number of esters is 1. The lowest BCUT2D eigenvalue weighted by atomic mass is 10.1. The summed E-state index contributed by atoms with van der Waals surface area (Å²) < 4.78 is 31.4. The summed E-state index contributed by atoms with van der Waals surface area (Å²) in [7, 11) is -3.78. The molecule has 0 unspecified atom stereocenters. The van der Waals surface area contributed by atoms with Crippen molar-refractivity contribution < 1.29 is 22.7 Å². The Kier molecular flexibility index (Phi) is 7.98. The number of benzene rings is 2. The summed E-state index contributed by atoms with van der Waals surface area (Å²) in [6, 6.07) is 13.1. The molecule has 0 saturated carbocycles. The summed E-state index contributed by atoms with van der Waals surface area (Å²) in [5.41, 5.74) is 1.64. The lowest BCUT2D eigenvalue weighted by molar-refractivity contribution is -0.147. The molecule has 0 bridgehead atoms. The molecule has 0 spiro atoms. The van der Waals surface area contributed by atoms with Gasteiger partial charge < -0.3 is 10.1 Å². The third kappa shape index (κ3) is 6.63. The van der Waals surface area contributed by atoms with E-state index in [1.54, 1.807) is 18.2 Å². The minimum absolute atomic E-state index is 0.00216. The molecule has 0 aliphatic rings. The molecule has 0 aliphatic heterocycles. The topological polar surface area (TPSA) is 102 Å². The molecule has 2 aromatic carbocycles. The largest absolute Gasteiger partial charge is 0.456 e. The third-order valence-electron chi connectivity index (χ3n) is 3.76. The van der Waals surface area contributed by atoms with E-state index >= 15 is 0 Å². The number of para-hydroxylation sites is 1. The second-order valence-corrected chi connectivity index (χ2v) is 8.03. The Bertz CT molecular complexity index is 947. The summed E-state index contributed by atoms with van der Waals surface area (Å²) in [6.07, 6.45) is 0.543. The predicted molar refractivity (Wildman–Crippen MR) is 107 cm³/mol. The maximum atomic E-state index is 12.1. The van der Waals surface area contributed by atoms with Gasteiger partial charge in [0.15, 0.2) is 6.61 Å². The molecular formula is C19H21ClN2O5S. The van der Waals surface area contributed by atoms with E-state index < -0.39 is 28.5 Å². The first kappa shape index (κ1) is 21.9. The lowest BCUT2D eigenvalue weighted by Crippen LogP contribution is -2.28. The van der Waals surface area contributed by atoms with Crippen LogP contribution >= 0.6 is 11.6 Å². The van der Waals surface area contributed by atoms with Crippen molar-refractivity contribution in [2.24, 2.45) is 0 Å². The molecule has 150 valence electrons. The quantitative estimate of drug-likeness (QED) is 0.602. The van der Waals surface area contributed by atoms with Gasteiger partial charge in [0.1, 0.15) is 0 Å². The zero-order chi connectivity index (χ0) is 20.6. The first-order chi connectivity index (χ1) is 13.3. The van der Waals surface area contributed by atoms with Crippen LogP contribution in [0.1, 0.15) is 18.9 Å². The first-order valence-corrected chi connectivity index (χ1v) is 10.5. The Labute approximate surface area is 169 Å². The number of nitrogens with one attached hydrogen (secondary N) is 2. The fourth-order valence-electron chi connectivity index (χ4n) is 2.36. The molecule has 2 N–H and O–H groups in total. The average Bonchev–Trinajstić information content (AvgIpc) is 2.66. The summed E-state index contributed by atoms with van der Waals surface area (Å²) in [5.74, 6) is -1.15. The molecule has 7 nitrogen and oxygen atoms in total. The van der Waals surface area contributed by atoms with Crippen molar-refractivity contribution in [1.29, 1.82) is 0 Å². The predicted octanol–water partition coefficient (Wildman–Crippen LogP) is 2.75. The van der Waals surface area contributed by atoms with Crippen molar-refractivity contribution in [3.8, 4) is 0 Å². The highest BCUT2D eigenvalue weighted by atomic mass is 35.5. The van der Waals surface area contributed by atoms with Crippen LogP contribution in [0.25, 0.3) is 0 Å². The highest BCUT2D eigenvalue weighted by Gasteiger charge is 2.15. The minimum Gasteiger partial charge on any atom is -0.456 e.